The van der Waals surface area contributed by atoms with Crippen LogP contribution in [0.15, 0.2) is 41.3 Å². The molecular weight excluding hydrogens is 367 g/mol. The first kappa shape index (κ1) is 19.3. The van der Waals surface area contributed by atoms with Gasteiger partial charge in [0.05, 0.1) is 5.56 Å². The smallest absolute Gasteiger partial charge is 0.388 e. The summed E-state index contributed by atoms with van der Waals surface area (Å²) < 4.78 is 11.2. The number of carbonyl (C=O) groups is 1. The first-order valence-corrected chi connectivity index (χ1v) is 10.3. The molecule has 0 fully saturated rings. The number of rotatable bonds is 7. The SMILES string of the molecule is O=C(CCCc1cccc(O)c1)c1c(O)cc(O)cc1SP(=O)(O)O. The first-order valence-electron chi connectivity index (χ1n) is 7.28. The molecule has 0 spiro atoms. The van der Waals surface area contributed by atoms with Crippen LogP contribution in [0.2, 0.25) is 0 Å². The fourth-order valence-corrected chi connectivity index (χ4v) is 4.30. The second kappa shape index (κ2) is 7.93. The summed E-state index contributed by atoms with van der Waals surface area (Å²) in [4.78, 5) is 30.4. The van der Waals surface area contributed by atoms with Crippen LogP contribution in [0.4, 0.5) is 0 Å². The van der Waals surface area contributed by atoms with E-state index in [4.69, 9.17) is 9.79 Å². The maximum atomic E-state index is 12.4. The molecule has 0 atom stereocenters. The highest BCUT2D eigenvalue weighted by atomic mass is 32.7. The zero-order valence-corrected chi connectivity index (χ0v) is 14.7. The maximum Gasteiger partial charge on any atom is 0.388 e. The van der Waals surface area contributed by atoms with Gasteiger partial charge in [0.2, 0.25) is 0 Å². The molecule has 2 aromatic rings. The molecule has 0 unspecified atom stereocenters. The van der Waals surface area contributed by atoms with E-state index in [9.17, 15) is 24.7 Å². The van der Waals surface area contributed by atoms with Gasteiger partial charge in [0.15, 0.2) is 5.78 Å². The zero-order chi connectivity index (χ0) is 18.6. The van der Waals surface area contributed by atoms with Crippen LogP contribution in [0.3, 0.4) is 0 Å². The number of phenolic OH excluding ortho intramolecular Hbond substituents is 3. The Kier molecular flexibility index (Phi) is 6.13. The second-order valence-corrected chi connectivity index (χ2v) is 8.94. The Balaban J connectivity index is 2.14. The molecule has 2 rings (SSSR count). The van der Waals surface area contributed by atoms with Crippen molar-refractivity contribution in [2.24, 2.45) is 0 Å². The molecule has 25 heavy (non-hydrogen) atoms. The van der Waals surface area contributed by atoms with Gasteiger partial charge in [-0.15, -0.1) is 0 Å². The van der Waals surface area contributed by atoms with Crippen LogP contribution >= 0.6 is 18.2 Å². The van der Waals surface area contributed by atoms with E-state index in [0.717, 1.165) is 17.7 Å². The first-order chi connectivity index (χ1) is 11.7. The minimum absolute atomic E-state index is 0.0305. The summed E-state index contributed by atoms with van der Waals surface area (Å²) in [5.41, 5.74) is 0.620. The Morgan fingerprint density at radius 3 is 2.40 bits per heavy atom. The molecule has 5 N–H and O–H groups in total. The summed E-state index contributed by atoms with van der Waals surface area (Å²) >= 11 is 0.109. The van der Waals surface area contributed by atoms with Crippen molar-refractivity contribution in [1.82, 2.24) is 0 Å². The van der Waals surface area contributed by atoms with E-state index < -0.39 is 24.1 Å². The monoisotopic (exact) mass is 384 g/mol. The lowest BCUT2D eigenvalue weighted by atomic mass is 10.0. The van der Waals surface area contributed by atoms with Crippen molar-refractivity contribution < 1.29 is 34.5 Å². The van der Waals surface area contributed by atoms with Gasteiger partial charge in [0.25, 0.3) is 0 Å². The fraction of sp³-hybridized carbons (Fsp3) is 0.188. The van der Waals surface area contributed by atoms with Crippen LogP contribution in [0.5, 0.6) is 17.2 Å². The van der Waals surface area contributed by atoms with E-state index in [1.807, 2.05) is 0 Å². The number of carbonyl (C=O) groups excluding carboxylic acids is 1. The topological polar surface area (TPSA) is 135 Å². The quantitative estimate of drug-likeness (QED) is 0.363. The third-order valence-electron chi connectivity index (χ3n) is 3.34. The van der Waals surface area contributed by atoms with Gasteiger partial charge >= 0.3 is 6.80 Å². The molecule has 134 valence electrons. The number of hydrogen-bond donors (Lipinski definition) is 5. The second-order valence-electron chi connectivity index (χ2n) is 5.37. The van der Waals surface area contributed by atoms with Gasteiger partial charge in [0.1, 0.15) is 17.2 Å². The minimum atomic E-state index is -4.56. The molecule has 0 bridgehead atoms. The Bertz CT molecular complexity index is 831. The van der Waals surface area contributed by atoms with Crippen molar-refractivity contribution >= 4 is 24.0 Å². The molecule has 0 radical (unpaired) electrons. The molecule has 9 heteroatoms. The van der Waals surface area contributed by atoms with Crippen molar-refractivity contribution in [1.29, 1.82) is 0 Å². The van der Waals surface area contributed by atoms with Crippen LogP contribution in [0.1, 0.15) is 28.8 Å². The van der Waals surface area contributed by atoms with Gasteiger partial charge in [-0.2, -0.15) is 0 Å². The standard InChI is InChI=1S/C16H17O7PS/c17-11-5-1-3-10(7-11)4-2-6-13(19)16-14(20)8-12(18)9-15(16)25-24(21,22)23/h1,3,5,7-9,17-18,20H,2,4,6H2,(H2,21,22,23). The highest BCUT2D eigenvalue weighted by molar-refractivity contribution is 8.54. The lowest BCUT2D eigenvalue weighted by Gasteiger charge is -2.12. The van der Waals surface area contributed by atoms with E-state index in [-0.39, 0.29) is 34.0 Å². The normalized spacial score (nSPS) is 11.4. The zero-order valence-electron chi connectivity index (χ0n) is 13.0. The summed E-state index contributed by atoms with van der Waals surface area (Å²) in [6.07, 6.45) is 0.964. The predicted molar refractivity (Wildman–Crippen MR) is 93.0 cm³/mol. The molecule has 0 amide bonds. The molecule has 0 aliphatic carbocycles. The number of phenols is 3. The van der Waals surface area contributed by atoms with Crippen LogP contribution < -0.4 is 0 Å². The van der Waals surface area contributed by atoms with Gasteiger partial charge < -0.3 is 25.1 Å². The third-order valence-corrected chi connectivity index (χ3v) is 5.40. The summed E-state index contributed by atoms with van der Waals surface area (Å²) in [5.74, 6) is -1.29. The number of aryl methyl sites for hydroxylation is 1. The Labute approximate surface area is 147 Å². The van der Waals surface area contributed by atoms with Crippen LogP contribution in [-0.4, -0.2) is 30.9 Å². The molecule has 0 aliphatic rings. The van der Waals surface area contributed by atoms with Gasteiger partial charge in [-0.25, -0.2) is 4.57 Å². The van der Waals surface area contributed by atoms with Gasteiger partial charge in [0, 0.05) is 17.4 Å². The van der Waals surface area contributed by atoms with Crippen molar-refractivity contribution in [3.05, 3.63) is 47.5 Å². The summed E-state index contributed by atoms with van der Waals surface area (Å²) in [5, 5.41) is 28.8. The average molecular weight is 384 g/mol. The molecule has 0 heterocycles. The van der Waals surface area contributed by atoms with Gasteiger partial charge in [-0.05, 0) is 48.0 Å². The van der Waals surface area contributed by atoms with E-state index in [1.54, 1.807) is 18.2 Å². The number of hydrogen-bond acceptors (Lipinski definition) is 6. The molecule has 2 aromatic carbocycles. The summed E-state index contributed by atoms with van der Waals surface area (Å²) in [6.45, 7) is -4.56. The largest absolute Gasteiger partial charge is 0.508 e. The lowest BCUT2D eigenvalue weighted by molar-refractivity contribution is 0.0974. The highest BCUT2D eigenvalue weighted by Crippen LogP contribution is 2.56. The fourth-order valence-electron chi connectivity index (χ4n) is 2.36. The Morgan fingerprint density at radius 1 is 1.04 bits per heavy atom. The number of aromatic hydroxyl groups is 3. The van der Waals surface area contributed by atoms with E-state index in [0.29, 0.717) is 12.8 Å². The average Bonchev–Trinajstić information content (AvgIpc) is 2.44. The van der Waals surface area contributed by atoms with Crippen LogP contribution in [0, 0.1) is 0 Å². The van der Waals surface area contributed by atoms with Crippen LogP contribution in [-0.2, 0) is 11.0 Å². The number of benzene rings is 2. The van der Waals surface area contributed by atoms with Gasteiger partial charge in [-0.3, -0.25) is 4.79 Å². The third kappa shape index (κ3) is 5.79. The van der Waals surface area contributed by atoms with Crippen LogP contribution in [0.25, 0.3) is 0 Å². The maximum absolute atomic E-state index is 12.4. The summed E-state index contributed by atoms with van der Waals surface area (Å²) in [7, 11) is 0. The Hall–Kier alpha value is -1.99. The molecular formula is C16H17O7PS. The minimum Gasteiger partial charge on any atom is -0.508 e. The molecule has 0 saturated carbocycles. The van der Waals surface area contributed by atoms with Crippen molar-refractivity contribution in [2.45, 2.75) is 24.2 Å². The van der Waals surface area contributed by atoms with Crippen molar-refractivity contribution in [2.75, 3.05) is 0 Å². The highest BCUT2D eigenvalue weighted by Gasteiger charge is 2.24. The summed E-state index contributed by atoms with van der Waals surface area (Å²) in [6, 6.07) is 8.59. The molecule has 7 nitrogen and oxygen atoms in total. The molecule has 0 saturated heterocycles. The molecule has 0 aromatic heterocycles. The van der Waals surface area contributed by atoms with E-state index in [2.05, 4.69) is 0 Å². The predicted octanol–water partition coefficient (Wildman–Crippen LogP) is 3.19. The lowest BCUT2D eigenvalue weighted by Crippen LogP contribution is -2.03. The van der Waals surface area contributed by atoms with E-state index in [1.165, 1.54) is 6.07 Å². The van der Waals surface area contributed by atoms with E-state index >= 15 is 0 Å². The van der Waals surface area contributed by atoms with Gasteiger partial charge in [-0.1, -0.05) is 12.1 Å². The number of ketones is 1. The number of Topliss-reactive ketones (excluding diaryl/α,β-unsaturated/α-hetero) is 1. The van der Waals surface area contributed by atoms with Crippen molar-refractivity contribution in [3.63, 3.8) is 0 Å². The Morgan fingerprint density at radius 2 is 1.76 bits per heavy atom. The van der Waals surface area contributed by atoms with Crippen molar-refractivity contribution in [3.8, 4) is 17.2 Å². The molecule has 0 aliphatic heterocycles.